The van der Waals surface area contributed by atoms with Gasteiger partial charge in [0.25, 0.3) is 0 Å². The molecule has 1 aromatic carbocycles. The maximum absolute atomic E-state index is 6.14. The Labute approximate surface area is 122 Å². The molecule has 0 amide bonds. The van der Waals surface area contributed by atoms with E-state index in [2.05, 4.69) is 26.1 Å². The van der Waals surface area contributed by atoms with Crippen molar-refractivity contribution in [2.45, 2.75) is 46.1 Å². The van der Waals surface area contributed by atoms with Crippen molar-refractivity contribution in [1.29, 1.82) is 0 Å². The van der Waals surface area contributed by atoms with Gasteiger partial charge in [-0.2, -0.15) is 0 Å². The average Bonchev–Trinajstić information content (AvgIpc) is 2.43. The maximum Gasteiger partial charge on any atom is 0.123 e. The van der Waals surface area contributed by atoms with Crippen LogP contribution < -0.4 is 10.1 Å². The molecule has 0 aromatic heterocycles. The van der Waals surface area contributed by atoms with Gasteiger partial charge in [-0.05, 0) is 43.5 Å². The van der Waals surface area contributed by atoms with Crippen LogP contribution in [0.15, 0.2) is 18.2 Å². The molecule has 108 valence electrons. The highest BCUT2D eigenvalue weighted by molar-refractivity contribution is 6.30. The molecule has 0 saturated heterocycles. The molecule has 1 aromatic rings. The van der Waals surface area contributed by atoms with Crippen LogP contribution in [-0.4, -0.2) is 13.7 Å². The van der Waals surface area contributed by atoms with Gasteiger partial charge in [0.05, 0.1) is 7.11 Å². The predicted molar refractivity (Wildman–Crippen MR) is 83.1 cm³/mol. The molecule has 0 saturated carbocycles. The number of rotatable bonds is 8. The normalized spacial score (nSPS) is 14.2. The zero-order chi connectivity index (χ0) is 14.3. The van der Waals surface area contributed by atoms with E-state index >= 15 is 0 Å². The van der Waals surface area contributed by atoms with Crippen LogP contribution in [0.25, 0.3) is 0 Å². The summed E-state index contributed by atoms with van der Waals surface area (Å²) in [5, 5.41) is 4.38. The Balaban J connectivity index is 2.97. The van der Waals surface area contributed by atoms with Crippen molar-refractivity contribution in [1.82, 2.24) is 5.32 Å². The number of ether oxygens (including phenoxy) is 1. The van der Waals surface area contributed by atoms with Gasteiger partial charge in [0.2, 0.25) is 0 Å². The molecule has 2 nitrogen and oxygen atoms in total. The van der Waals surface area contributed by atoms with Crippen molar-refractivity contribution in [2.75, 3.05) is 13.7 Å². The standard InChI is InChI=1S/C16H26ClNO/c1-5-9-18-15(10-12(3)6-2)14-11-13(17)7-8-16(14)19-4/h7-8,11-12,15,18H,5-6,9-10H2,1-4H3. The van der Waals surface area contributed by atoms with Crippen LogP contribution in [0.3, 0.4) is 0 Å². The summed E-state index contributed by atoms with van der Waals surface area (Å²) in [6.07, 6.45) is 3.42. The van der Waals surface area contributed by atoms with Crippen molar-refractivity contribution in [3.63, 3.8) is 0 Å². The van der Waals surface area contributed by atoms with Gasteiger partial charge in [-0.3, -0.25) is 0 Å². The minimum atomic E-state index is 0.309. The van der Waals surface area contributed by atoms with Gasteiger partial charge < -0.3 is 10.1 Å². The SMILES string of the molecule is CCCNC(CC(C)CC)c1cc(Cl)ccc1OC. The van der Waals surface area contributed by atoms with Gasteiger partial charge in [-0.15, -0.1) is 0 Å². The number of hydrogen-bond donors (Lipinski definition) is 1. The minimum absolute atomic E-state index is 0.309. The number of halogens is 1. The van der Waals surface area contributed by atoms with E-state index in [1.54, 1.807) is 7.11 Å². The summed E-state index contributed by atoms with van der Waals surface area (Å²) in [5.41, 5.74) is 1.17. The molecule has 0 aliphatic carbocycles. The van der Waals surface area contributed by atoms with E-state index in [1.165, 1.54) is 12.0 Å². The summed E-state index contributed by atoms with van der Waals surface area (Å²) in [7, 11) is 1.72. The molecule has 0 bridgehead atoms. The molecule has 19 heavy (non-hydrogen) atoms. The molecular weight excluding hydrogens is 258 g/mol. The van der Waals surface area contributed by atoms with Crippen LogP contribution in [0, 0.1) is 5.92 Å². The van der Waals surface area contributed by atoms with E-state index in [4.69, 9.17) is 16.3 Å². The van der Waals surface area contributed by atoms with Crippen LogP contribution in [-0.2, 0) is 0 Å². The van der Waals surface area contributed by atoms with E-state index < -0.39 is 0 Å². The van der Waals surface area contributed by atoms with Crippen molar-refractivity contribution in [2.24, 2.45) is 5.92 Å². The molecule has 3 heteroatoms. The van der Waals surface area contributed by atoms with Crippen molar-refractivity contribution in [3.05, 3.63) is 28.8 Å². The molecule has 2 unspecified atom stereocenters. The van der Waals surface area contributed by atoms with Crippen LogP contribution in [0.5, 0.6) is 5.75 Å². The highest BCUT2D eigenvalue weighted by Gasteiger charge is 2.18. The first-order valence-corrected chi connectivity index (χ1v) is 7.56. The molecule has 0 aliphatic heterocycles. The Morgan fingerprint density at radius 1 is 1.32 bits per heavy atom. The van der Waals surface area contributed by atoms with E-state index in [1.807, 2.05) is 18.2 Å². The molecular formula is C16H26ClNO. The summed E-state index contributed by atoms with van der Waals surface area (Å²) in [6.45, 7) is 7.72. The maximum atomic E-state index is 6.14. The van der Waals surface area contributed by atoms with E-state index in [0.29, 0.717) is 12.0 Å². The first-order valence-electron chi connectivity index (χ1n) is 7.19. The van der Waals surface area contributed by atoms with Crippen molar-refractivity contribution < 1.29 is 4.74 Å². The first-order chi connectivity index (χ1) is 9.12. The largest absolute Gasteiger partial charge is 0.496 e. The molecule has 0 aliphatic rings. The monoisotopic (exact) mass is 283 g/mol. The van der Waals surface area contributed by atoms with Gasteiger partial charge in [-0.25, -0.2) is 0 Å². The van der Waals surface area contributed by atoms with Gasteiger partial charge >= 0.3 is 0 Å². The summed E-state index contributed by atoms with van der Waals surface area (Å²) in [4.78, 5) is 0. The highest BCUT2D eigenvalue weighted by Crippen LogP contribution is 2.32. The Bertz CT molecular complexity index is 381. The fourth-order valence-corrected chi connectivity index (χ4v) is 2.37. The molecule has 0 spiro atoms. The zero-order valence-corrected chi connectivity index (χ0v) is 13.3. The lowest BCUT2D eigenvalue weighted by Gasteiger charge is -2.24. The Kier molecular flexibility index (Phi) is 7.25. The van der Waals surface area contributed by atoms with Crippen molar-refractivity contribution in [3.8, 4) is 5.75 Å². The van der Waals surface area contributed by atoms with Crippen LogP contribution in [0.1, 0.15) is 51.6 Å². The van der Waals surface area contributed by atoms with Crippen LogP contribution >= 0.6 is 11.6 Å². The fraction of sp³-hybridized carbons (Fsp3) is 0.625. The molecule has 0 heterocycles. The topological polar surface area (TPSA) is 21.3 Å². The van der Waals surface area contributed by atoms with E-state index in [-0.39, 0.29) is 0 Å². The molecule has 1 N–H and O–H groups in total. The van der Waals surface area contributed by atoms with Gasteiger partial charge in [0.15, 0.2) is 0 Å². The first kappa shape index (κ1) is 16.3. The number of methoxy groups -OCH3 is 1. The fourth-order valence-electron chi connectivity index (χ4n) is 2.19. The highest BCUT2D eigenvalue weighted by atomic mass is 35.5. The Hall–Kier alpha value is -0.730. The lowest BCUT2D eigenvalue weighted by Crippen LogP contribution is -2.24. The number of benzene rings is 1. The molecule has 2 atom stereocenters. The quantitative estimate of drug-likeness (QED) is 0.738. The summed E-state index contributed by atoms with van der Waals surface area (Å²) in [6, 6.07) is 6.17. The third-order valence-corrected chi connectivity index (χ3v) is 3.78. The third-order valence-electron chi connectivity index (χ3n) is 3.54. The number of hydrogen-bond acceptors (Lipinski definition) is 2. The van der Waals surface area contributed by atoms with Gasteiger partial charge in [0.1, 0.15) is 5.75 Å². The zero-order valence-electron chi connectivity index (χ0n) is 12.5. The smallest absolute Gasteiger partial charge is 0.123 e. The average molecular weight is 284 g/mol. The second kappa shape index (κ2) is 8.44. The summed E-state index contributed by atoms with van der Waals surface area (Å²) in [5.74, 6) is 1.60. The predicted octanol–water partition coefficient (Wildman–Crippen LogP) is 4.83. The number of nitrogens with one attached hydrogen (secondary N) is 1. The molecule has 0 fully saturated rings. The van der Waals surface area contributed by atoms with Gasteiger partial charge in [-0.1, -0.05) is 38.8 Å². The van der Waals surface area contributed by atoms with E-state index in [9.17, 15) is 0 Å². The van der Waals surface area contributed by atoms with Crippen LogP contribution in [0.4, 0.5) is 0 Å². The Morgan fingerprint density at radius 3 is 2.63 bits per heavy atom. The molecule has 0 radical (unpaired) electrons. The van der Waals surface area contributed by atoms with Crippen LogP contribution in [0.2, 0.25) is 5.02 Å². The minimum Gasteiger partial charge on any atom is -0.496 e. The van der Waals surface area contributed by atoms with E-state index in [0.717, 1.165) is 30.2 Å². The second-order valence-corrected chi connectivity index (χ2v) is 5.58. The molecule has 1 rings (SSSR count). The third kappa shape index (κ3) is 5.04. The lowest BCUT2D eigenvalue weighted by atomic mass is 9.93. The van der Waals surface area contributed by atoms with Gasteiger partial charge in [0, 0.05) is 16.6 Å². The summed E-state index contributed by atoms with van der Waals surface area (Å²) < 4.78 is 5.48. The van der Waals surface area contributed by atoms with Crippen molar-refractivity contribution >= 4 is 11.6 Å². The Morgan fingerprint density at radius 2 is 2.05 bits per heavy atom. The second-order valence-electron chi connectivity index (χ2n) is 5.14. The lowest BCUT2D eigenvalue weighted by molar-refractivity contribution is 0.371. The summed E-state index contributed by atoms with van der Waals surface area (Å²) >= 11 is 6.14.